The van der Waals surface area contributed by atoms with Crippen molar-refractivity contribution in [3.05, 3.63) is 29.6 Å². The monoisotopic (exact) mass is 295 g/mol. The van der Waals surface area contributed by atoms with E-state index in [2.05, 4.69) is 0 Å². The van der Waals surface area contributed by atoms with Gasteiger partial charge < -0.3 is 15.6 Å². The maximum Gasteiger partial charge on any atom is 0.490 e. The van der Waals surface area contributed by atoms with Gasteiger partial charge in [-0.25, -0.2) is 9.18 Å². The molecule has 1 saturated heterocycles. The Morgan fingerprint density at radius 1 is 1.40 bits per heavy atom. The average molecular weight is 295 g/mol. The summed E-state index contributed by atoms with van der Waals surface area (Å²) in [5.41, 5.74) is 6.70. The van der Waals surface area contributed by atoms with Crippen molar-refractivity contribution in [2.75, 3.05) is 12.3 Å². The second kappa shape index (κ2) is 6.56. The molecule has 1 aromatic carbocycles. The number of carboxylic acid groups (broad SMARTS) is 1. The first-order chi connectivity index (χ1) is 9.23. The van der Waals surface area contributed by atoms with Gasteiger partial charge in [0, 0.05) is 17.9 Å². The number of ether oxygens (including phenoxy) is 1. The molecule has 0 saturated carbocycles. The van der Waals surface area contributed by atoms with Gasteiger partial charge in [0.25, 0.3) is 0 Å². The summed E-state index contributed by atoms with van der Waals surface area (Å²) >= 11 is 0. The molecular formula is C12H13F4NO3. The number of halogens is 4. The number of carboxylic acids is 1. The molecule has 1 fully saturated rings. The summed E-state index contributed by atoms with van der Waals surface area (Å²) in [5.74, 6) is -3.01. The smallest absolute Gasteiger partial charge is 0.475 e. The Bertz CT molecular complexity index is 450. The maximum atomic E-state index is 13.3. The predicted molar refractivity (Wildman–Crippen MR) is 62.4 cm³/mol. The molecular weight excluding hydrogens is 282 g/mol. The van der Waals surface area contributed by atoms with Gasteiger partial charge in [0.15, 0.2) is 0 Å². The summed E-state index contributed by atoms with van der Waals surface area (Å²) in [5, 5.41) is 7.12. The number of aliphatic carboxylic acids is 1. The minimum absolute atomic E-state index is 0.138. The lowest BCUT2D eigenvalue weighted by molar-refractivity contribution is -0.192. The van der Waals surface area contributed by atoms with Crippen LogP contribution in [0.25, 0.3) is 0 Å². The minimum Gasteiger partial charge on any atom is -0.475 e. The molecule has 1 aliphatic rings. The van der Waals surface area contributed by atoms with E-state index in [1.165, 1.54) is 6.07 Å². The molecule has 1 atom stereocenters. The molecule has 0 radical (unpaired) electrons. The van der Waals surface area contributed by atoms with Gasteiger partial charge >= 0.3 is 12.1 Å². The molecule has 1 heterocycles. The second-order valence-corrected chi connectivity index (χ2v) is 4.05. The third-order valence-corrected chi connectivity index (χ3v) is 2.58. The highest BCUT2D eigenvalue weighted by Crippen LogP contribution is 2.33. The number of carbonyl (C=O) groups is 1. The number of nitrogens with two attached hydrogens (primary N) is 1. The Hall–Kier alpha value is -1.83. The van der Waals surface area contributed by atoms with Gasteiger partial charge in [-0.2, -0.15) is 13.2 Å². The van der Waals surface area contributed by atoms with Gasteiger partial charge in [-0.15, -0.1) is 0 Å². The lowest BCUT2D eigenvalue weighted by Gasteiger charge is -2.12. The Morgan fingerprint density at radius 3 is 2.40 bits per heavy atom. The number of benzene rings is 1. The van der Waals surface area contributed by atoms with Crippen LogP contribution in [0.5, 0.6) is 0 Å². The molecule has 0 aliphatic carbocycles. The van der Waals surface area contributed by atoms with Gasteiger partial charge in [-0.05, 0) is 25.0 Å². The largest absolute Gasteiger partial charge is 0.490 e. The van der Waals surface area contributed by atoms with Crippen molar-refractivity contribution in [2.45, 2.75) is 25.1 Å². The van der Waals surface area contributed by atoms with E-state index >= 15 is 0 Å². The first kappa shape index (κ1) is 16.2. The van der Waals surface area contributed by atoms with Crippen LogP contribution < -0.4 is 5.73 Å². The third-order valence-electron chi connectivity index (χ3n) is 2.58. The Balaban J connectivity index is 0.000000246. The zero-order valence-corrected chi connectivity index (χ0v) is 10.3. The summed E-state index contributed by atoms with van der Waals surface area (Å²) in [6, 6.07) is 4.75. The Labute approximate surface area is 112 Å². The van der Waals surface area contributed by atoms with E-state index in [1.54, 1.807) is 12.1 Å². The van der Waals surface area contributed by atoms with Crippen LogP contribution in [0.4, 0.5) is 23.2 Å². The van der Waals surface area contributed by atoms with E-state index in [4.69, 9.17) is 20.4 Å². The minimum atomic E-state index is -5.08. The van der Waals surface area contributed by atoms with E-state index < -0.39 is 12.1 Å². The number of rotatable bonds is 1. The summed E-state index contributed by atoms with van der Waals surface area (Å²) in [7, 11) is 0. The average Bonchev–Trinajstić information content (AvgIpc) is 2.82. The summed E-state index contributed by atoms with van der Waals surface area (Å²) in [4.78, 5) is 8.90. The van der Waals surface area contributed by atoms with Crippen molar-refractivity contribution in [1.82, 2.24) is 0 Å². The highest BCUT2D eigenvalue weighted by molar-refractivity contribution is 5.73. The number of hydrogen-bond donors (Lipinski definition) is 2. The van der Waals surface area contributed by atoms with Crippen LogP contribution in [-0.4, -0.2) is 23.9 Å². The first-order valence-corrected chi connectivity index (χ1v) is 5.69. The fourth-order valence-electron chi connectivity index (χ4n) is 1.70. The molecule has 1 aliphatic heterocycles. The van der Waals surface area contributed by atoms with E-state index in [0.717, 1.165) is 12.8 Å². The zero-order chi connectivity index (χ0) is 15.3. The molecule has 4 nitrogen and oxygen atoms in total. The van der Waals surface area contributed by atoms with Crippen LogP contribution in [0.1, 0.15) is 24.5 Å². The molecule has 3 N–H and O–H groups in total. The zero-order valence-electron chi connectivity index (χ0n) is 10.3. The molecule has 0 amide bonds. The fourth-order valence-corrected chi connectivity index (χ4v) is 1.70. The lowest BCUT2D eigenvalue weighted by Crippen LogP contribution is -2.21. The maximum absolute atomic E-state index is 13.3. The fraction of sp³-hybridized carbons (Fsp3) is 0.417. The quantitative estimate of drug-likeness (QED) is 0.617. The lowest BCUT2D eigenvalue weighted by atomic mass is 10.0. The van der Waals surface area contributed by atoms with Crippen LogP contribution in [0.3, 0.4) is 0 Å². The Morgan fingerprint density at radius 2 is 2.00 bits per heavy atom. The molecule has 1 unspecified atom stereocenters. The van der Waals surface area contributed by atoms with Crippen molar-refractivity contribution in [2.24, 2.45) is 0 Å². The van der Waals surface area contributed by atoms with E-state index in [1.807, 2.05) is 0 Å². The van der Waals surface area contributed by atoms with Gasteiger partial charge in [-0.1, -0.05) is 6.07 Å². The van der Waals surface area contributed by atoms with Crippen molar-refractivity contribution >= 4 is 11.7 Å². The molecule has 8 heteroatoms. The number of alkyl halides is 3. The van der Waals surface area contributed by atoms with Crippen molar-refractivity contribution < 1.29 is 32.2 Å². The highest BCUT2D eigenvalue weighted by atomic mass is 19.4. The van der Waals surface area contributed by atoms with Gasteiger partial charge in [0.1, 0.15) is 5.82 Å². The van der Waals surface area contributed by atoms with Crippen LogP contribution in [-0.2, 0) is 9.53 Å². The molecule has 0 bridgehead atoms. The Kier molecular flexibility index (Phi) is 5.32. The molecule has 112 valence electrons. The van der Waals surface area contributed by atoms with E-state index in [0.29, 0.717) is 17.9 Å². The molecule has 1 aromatic rings. The topological polar surface area (TPSA) is 72.5 Å². The molecule has 0 aromatic heterocycles. The van der Waals surface area contributed by atoms with Gasteiger partial charge in [0.2, 0.25) is 0 Å². The number of nitrogen functional groups attached to an aromatic ring is 1. The van der Waals surface area contributed by atoms with Crippen LogP contribution in [0, 0.1) is 5.82 Å². The van der Waals surface area contributed by atoms with Gasteiger partial charge in [-0.3, -0.25) is 0 Å². The van der Waals surface area contributed by atoms with Gasteiger partial charge in [0.05, 0.1) is 6.10 Å². The molecule has 2 rings (SSSR count). The highest BCUT2D eigenvalue weighted by Gasteiger charge is 2.38. The SMILES string of the molecule is Nc1cccc(F)c1C1CCCO1.O=C(O)C(F)(F)F. The standard InChI is InChI=1S/C10H12FNO.C2HF3O2/c11-7-3-1-4-8(12)10(7)9-5-2-6-13-9;3-2(4,5)1(6)7/h1,3-4,9H,2,5-6,12H2;(H,6,7). The third kappa shape index (κ3) is 4.37. The van der Waals surface area contributed by atoms with Crippen LogP contribution in [0.2, 0.25) is 0 Å². The predicted octanol–water partition coefficient (Wildman–Crippen LogP) is 2.89. The summed E-state index contributed by atoms with van der Waals surface area (Å²) in [6.45, 7) is 0.707. The van der Waals surface area contributed by atoms with Crippen molar-refractivity contribution in [3.63, 3.8) is 0 Å². The number of anilines is 1. The summed E-state index contributed by atoms with van der Waals surface area (Å²) < 4.78 is 50.5. The van der Waals surface area contributed by atoms with E-state index in [9.17, 15) is 17.6 Å². The molecule has 20 heavy (non-hydrogen) atoms. The molecule has 0 spiro atoms. The van der Waals surface area contributed by atoms with Crippen molar-refractivity contribution in [3.8, 4) is 0 Å². The van der Waals surface area contributed by atoms with Crippen LogP contribution >= 0.6 is 0 Å². The van der Waals surface area contributed by atoms with E-state index in [-0.39, 0.29) is 11.9 Å². The first-order valence-electron chi connectivity index (χ1n) is 5.69. The number of hydrogen-bond acceptors (Lipinski definition) is 3. The summed E-state index contributed by atoms with van der Waals surface area (Å²) in [6.07, 6.45) is -3.37. The normalized spacial score (nSPS) is 18.3. The van der Waals surface area contributed by atoms with Crippen molar-refractivity contribution in [1.29, 1.82) is 0 Å². The van der Waals surface area contributed by atoms with Crippen LogP contribution in [0.15, 0.2) is 18.2 Å². The second-order valence-electron chi connectivity index (χ2n) is 4.05.